The van der Waals surface area contributed by atoms with Crippen LogP contribution in [0.5, 0.6) is 0 Å². The van der Waals surface area contributed by atoms with Crippen molar-refractivity contribution in [3.05, 3.63) is 139 Å². The fraction of sp³-hybridized carbons (Fsp3) is 0.0769. The van der Waals surface area contributed by atoms with Crippen LogP contribution in [0, 0.1) is 0 Å². The van der Waals surface area contributed by atoms with Gasteiger partial charge in [-0.25, -0.2) is 9.97 Å². The molecule has 1 aliphatic carbocycles. The van der Waals surface area contributed by atoms with Gasteiger partial charge in [0, 0.05) is 27.1 Å². The molecular formula is C39H27N3. The third-order valence-electron chi connectivity index (χ3n) is 9.17. The van der Waals surface area contributed by atoms with E-state index in [0.717, 1.165) is 33.2 Å². The molecule has 0 unspecified atom stereocenters. The SMILES string of the molecule is CC1(C)c2ccccc2-c2cc3cc4c(cc3cc21)c1ccccc1n4-c1nc(-c2ccccc2)c2ccccc2n1. The molecule has 0 aliphatic heterocycles. The highest BCUT2D eigenvalue weighted by atomic mass is 15.2. The first kappa shape index (κ1) is 23.4. The van der Waals surface area contributed by atoms with Gasteiger partial charge in [-0.1, -0.05) is 105 Å². The van der Waals surface area contributed by atoms with Crippen molar-refractivity contribution < 1.29 is 0 Å². The van der Waals surface area contributed by atoms with Crippen LogP contribution < -0.4 is 0 Å². The van der Waals surface area contributed by atoms with E-state index in [4.69, 9.17) is 9.97 Å². The van der Waals surface area contributed by atoms with Crippen LogP contribution in [0.4, 0.5) is 0 Å². The van der Waals surface area contributed by atoms with Gasteiger partial charge in [-0.2, -0.15) is 0 Å². The average Bonchev–Trinajstić information content (AvgIpc) is 3.47. The van der Waals surface area contributed by atoms with E-state index in [0.29, 0.717) is 5.95 Å². The maximum absolute atomic E-state index is 5.25. The van der Waals surface area contributed by atoms with E-state index in [-0.39, 0.29) is 5.41 Å². The molecule has 42 heavy (non-hydrogen) atoms. The molecule has 0 N–H and O–H groups in total. The Kier molecular flexibility index (Phi) is 4.67. The summed E-state index contributed by atoms with van der Waals surface area (Å²) in [6.07, 6.45) is 0. The predicted octanol–water partition coefficient (Wildman–Crippen LogP) is 9.85. The zero-order valence-electron chi connectivity index (χ0n) is 23.5. The first-order chi connectivity index (χ1) is 20.6. The summed E-state index contributed by atoms with van der Waals surface area (Å²) in [6, 6.07) is 45.7. The summed E-state index contributed by atoms with van der Waals surface area (Å²) < 4.78 is 2.24. The van der Waals surface area contributed by atoms with E-state index in [1.165, 1.54) is 43.8 Å². The van der Waals surface area contributed by atoms with Gasteiger partial charge >= 0.3 is 0 Å². The van der Waals surface area contributed by atoms with Gasteiger partial charge in [0.25, 0.3) is 0 Å². The van der Waals surface area contributed by atoms with E-state index < -0.39 is 0 Å². The largest absolute Gasteiger partial charge is 0.278 e. The van der Waals surface area contributed by atoms with Gasteiger partial charge in [0.05, 0.1) is 22.2 Å². The molecule has 2 heterocycles. The predicted molar refractivity (Wildman–Crippen MR) is 174 cm³/mol. The number of hydrogen-bond acceptors (Lipinski definition) is 2. The van der Waals surface area contributed by atoms with E-state index in [9.17, 15) is 0 Å². The van der Waals surface area contributed by atoms with Crippen LogP contribution in [-0.4, -0.2) is 14.5 Å². The monoisotopic (exact) mass is 537 g/mol. The number of fused-ring (bicyclic) bond motifs is 8. The molecule has 3 heteroatoms. The van der Waals surface area contributed by atoms with Gasteiger partial charge < -0.3 is 0 Å². The van der Waals surface area contributed by atoms with E-state index in [1.807, 2.05) is 12.1 Å². The molecule has 9 rings (SSSR count). The first-order valence-corrected chi connectivity index (χ1v) is 14.5. The maximum Gasteiger partial charge on any atom is 0.235 e. The number of nitrogens with zero attached hydrogens (tertiary/aromatic N) is 3. The van der Waals surface area contributed by atoms with Crippen LogP contribution >= 0.6 is 0 Å². The summed E-state index contributed by atoms with van der Waals surface area (Å²) in [5.41, 5.74) is 10.6. The third kappa shape index (κ3) is 3.16. The normalized spacial score (nSPS) is 13.7. The first-order valence-electron chi connectivity index (χ1n) is 14.5. The minimum absolute atomic E-state index is 0.0319. The lowest BCUT2D eigenvalue weighted by Crippen LogP contribution is -2.14. The van der Waals surface area contributed by atoms with Crippen molar-refractivity contribution >= 4 is 43.5 Å². The molecule has 0 bridgehead atoms. The van der Waals surface area contributed by atoms with Gasteiger partial charge in [0.1, 0.15) is 0 Å². The Bertz CT molecular complexity index is 2380. The molecule has 0 spiro atoms. The molecule has 0 saturated carbocycles. The molecule has 8 aromatic rings. The fourth-order valence-corrected chi connectivity index (χ4v) is 7.11. The maximum atomic E-state index is 5.25. The Hall–Kier alpha value is -5.28. The Morgan fingerprint density at radius 1 is 0.524 bits per heavy atom. The zero-order chi connectivity index (χ0) is 28.0. The van der Waals surface area contributed by atoms with Crippen molar-refractivity contribution in [1.29, 1.82) is 0 Å². The number of hydrogen-bond donors (Lipinski definition) is 0. The lowest BCUT2D eigenvalue weighted by atomic mass is 9.82. The van der Waals surface area contributed by atoms with Crippen LogP contribution in [-0.2, 0) is 5.41 Å². The third-order valence-corrected chi connectivity index (χ3v) is 9.17. The molecular weight excluding hydrogens is 510 g/mol. The zero-order valence-corrected chi connectivity index (χ0v) is 23.5. The molecule has 0 atom stereocenters. The Balaban J connectivity index is 1.37. The summed E-state index contributed by atoms with van der Waals surface area (Å²) in [5, 5.41) is 5.95. The summed E-state index contributed by atoms with van der Waals surface area (Å²) in [4.78, 5) is 10.4. The molecule has 1 aliphatic rings. The second-order valence-corrected chi connectivity index (χ2v) is 11.9. The minimum Gasteiger partial charge on any atom is -0.278 e. The van der Waals surface area contributed by atoms with Crippen molar-refractivity contribution in [2.75, 3.05) is 0 Å². The average molecular weight is 538 g/mol. The molecule has 0 radical (unpaired) electrons. The minimum atomic E-state index is -0.0319. The van der Waals surface area contributed by atoms with Crippen molar-refractivity contribution in [2.24, 2.45) is 0 Å². The summed E-state index contributed by atoms with van der Waals surface area (Å²) in [7, 11) is 0. The highest BCUT2D eigenvalue weighted by Crippen LogP contribution is 2.50. The van der Waals surface area contributed by atoms with Crippen LogP contribution in [0.1, 0.15) is 25.0 Å². The van der Waals surface area contributed by atoms with Gasteiger partial charge in [-0.15, -0.1) is 0 Å². The summed E-state index contributed by atoms with van der Waals surface area (Å²) in [6.45, 7) is 4.69. The number of rotatable bonds is 2. The molecule has 2 aromatic heterocycles. The lowest BCUT2D eigenvalue weighted by molar-refractivity contribution is 0.661. The topological polar surface area (TPSA) is 30.7 Å². The quantitative estimate of drug-likeness (QED) is 0.220. The van der Waals surface area contributed by atoms with Crippen LogP contribution in [0.25, 0.3) is 71.8 Å². The Morgan fingerprint density at radius 2 is 1.24 bits per heavy atom. The van der Waals surface area contributed by atoms with E-state index in [2.05, 4.69) is 134 Å². The van der Waals surface area contributed by atoms with Gasteiger partial charge in [-0.05, 0) is 69.4 Å². The number of aromatic nitrogens is 3. The molecule has 0 fully saturated rings. The number of para-hydroxylation sites is 2. The smallest absolute Gasteiger partial charge is 0.235 e. The highest BCUT2D eigenvalue weighted by molar-refractivity contribution is 6.14. The molecule has 6 aromatic carbocycles. The molecule has 198 valence electrons. The van der Waals surface area contributed by atoms with Crippen LogP contribution in [0.2, 0.25) is 0 Å². The summed E-state index contributed by atoms with van der Waals surface area (Å²) in [5.74, 6) is 0.686. The molecule has 0 amide bonds. The van der Waals surface area contributed by atoms with E-state index in [1.54, 1.807) is 0 Å². The fourth-order valence-electron chi connectivity index (χ4n) is 7.11. The highest BCUT2D eigenvalue weighted by Gasteiger charge is 2.35. The van der Waals surface area contributed by atoms with Crippen LogP contribution in [0.3, 0.4) is 0 Å². The lowest BCUT2D eigenvalue weighted by Gasteiger charge is -2.21. The van der Waals surface area contributed by atoms with Gasteiger partial charge in [-0.3, -0.25) is 4.57 Å². The second kappa shape index (κ2) is 8.37. The van der Waals surface area contributed by atoms with E-state index >= 15 is 0 Å². The van der Waals surface area contributed by atoms with Gasteiger partial charge in [0.15, 0.2) is 0 Å². The Labute approximate surface area is 243 Å². The van der Waals surface area contributed by atoms with Gasteiger partial charge in [0.2, 0.25) is 5.95 Å². The molecule has 0 saturated heterocycles. The Morgan fingerprint density at radius 3 is 2.12 bits per heavy atom. The standard InChI is InChI=1S/C39H27N3/c1-39(2)32-17-9-6-14-27(32)30-20-26-23-36-31(21-25(26)22-33(30)39)28-15-8-11-19-35(28)42(36)38-40-34-18-10-7-16-29(34)37(41-38)24-12-4-3-5-13-24/h3-23H,1-2H3. The summed E-state index contributed by atoms with van der Waals surface area (Å²) >= 11 is 0. The van der Waals surface area contributed by atoms with Crippen molar-refractivity contribution in [2.45, 2.75) is 19.3 Å². The van der Waals surface area contributed by atoms with Crippen molar-refractivity contribution in [3.63, 3.8) is 0 Å². The van der Waals surface area contributed by atoms with Crippen molar-refractivity contribution in [3.8, 4) is 28.3 Å². The molecule has 3 nitrogen and oxygen atoms in total. The second-order valence-electron chi connectivity index (χ2n) is 11.9. The van der Waals surface area contributed by atoms with Crippen LogP contribution in [0.15, 0.2) is 127 Å². The van der Waals surface area contributed by atoms with Crippen molar-refractivity contribution in [1.82, 2.24) is 14.5 Å². The number of benzene rings is 6.